The highest BCUT2D eigenvalue weighted by Crippen LogP contribution is 2.40. The highest BCUT2D eigenvalue weighted by molar-refractivity contribution is 7.14. The topological polar surface area (TPSA) is 60.9 Å². The van der Waals surface area contributed by atoms with Crippen LogP contribution in [0.4, 0.5) is 9.93 Å². The Bertz CT molecular complexity index is 1090. The number of hydrogen-bond donors (Lipinski definition) is 1. The van der Waals surface area contributed by atoms with E-state index in [1.165, 1.54) is 94.3 Å². The Morgan fingerprint density at radius 1 is 1.03 bits per heavy atom. The van der Waals surface area contributed by atoms with E-state index >= 15 is 0 Å². The molecule has 3 heterocycles. The second-order valence-electron chi connectivity index (χ2n) is 11.8. The fourth-order valence-electron chi connectivity index (χ4n) is 6.80. The van der Waals surface area contributed by atoms with Gasteiger partial charge in [0.05, 0.1) is 12.8 Å². The largest absolute Gasteiger partial charge is 0.497 e. The number of likely N-dealkylation sites (tertiary alicyclic amines) is 1. The SMILES string of the molecule is COc1ccc(C2CCCCC2)c(-c2csc(NC(=O)N3CCN(CC4CCCN(C5CC5)C4)CC3)n2)c1. The minimum Gasteiger partial charge on any atom is -0.497 e. The van der Waals surface area contributed by atoms with Crippen LogP contribution in [0.15, 0.2) is 23.6 Å². The average molecular weight is 538 g/mol. The highest BCUT2D eigenvalue weighted by atomic mass is 32.1. The first-order valence-electron chi connectivity index (χ1n) is 14.8. The fraction of sp³-hybridized carbons (Fsp3) is 0.667. The van der Waals surface area contributed by atoms with Crippen LogP contribution in [-0.4, -0.2) is 84.7 Å². The first kappa shape index (κ1) is 26.1. The molecule has 1 atom stereocenters. The lowest BCUT2D eigenvalue weighted by atomic mass is 9.81. The zero-order valence-corrected chi connectivity index (χ0v) is 23.7. The van der Waals surface area contributed by atoms with Crippen molar-refractivity contribution in [1.29, 1.82) is 0 Å². The molecule has 2 saturated carbocycles. The molecule has 0 bridgehead atoms. The van der Waals surface area contributed by atoms with Crippen LogP contribution in [0, 0.1) is 5.92 Å². The van der Waals surface area contributed by atoms with E-state index < -0.39 is 0 Å². The van der Waals surface area contributed by atoms with Crippen LogP contribution in [0.2, 0.25) is 0 Å². The number of benzene rings is 1. The Morgan fingerprint density at radius 3 is 2.61 bits per heavy atom. The van der Waals surface area contributed by atoms with Gasteiger partial charge in [-0.3, -0.25) is 10.2 Å². The van der Waals surface area contributed by atoms with Gasteiger partial charge in [-0.15, -0.1) is 11.3 Å². The number of ether oxygens (including phenoxy) is 1. The molecule has 2 saturated heterocycles. The van der Waals surface area contributed by atoms with Crippen molar-refractivity contribution in [3.63, 3.8) is 0 Å². The smallest absolute Gasteiger partial charge is 0.323 e. The highest BCUT2D eigenvalue weighted by Gasteiger charge is 2.33. The van der Waals surface area contributed by atoms with Crippen molar-refractivity contribution in [2.45, 2.75) is 69.7 Å². The van der Waals surface area contributed by atoms with E-state index in [1.807, 2.05) is 4.90 Å². The molecule has 2 amide bonds. The van der Waals surface area contributed by atoms with Gasteiger partial charge < -0.3 is 14.5 Å². The first-order valence-corrected chi connectivity index (χ1v) is 15.7. The van der Waals surface area contributed by atoms with Gasteiger partial charge in [0.2, 0.25) is 0 Å². The molecule has 1 aromatic carbocycles. The van der Waals surface area contributed by atoms with Crippen LogP contribution in [0.3, 0.4) is 0 Å². The Hall–Kier alpha value is -2.16. The Morgan fingerprint density at radius 2 is 1.84 bits per heavy atom. The number of amides is 2. The molecule has 6 rings (SSSR count). The van der Waals surface area contributed by atoms with E-state index in [4.69, 9.17) is 9.72 Å². The van der Waals surface area contributed by atoms with Crippen molar-refractivity contribution in [3.05, 3.63) is 29.1 Å². The monoisotopic (exact) mass is 537 g/mol. The van der Waals surface area contributed by atoms with Gasteiger partial charge in [0.1, 0.15) is 5.75 Å². The van der Waals surface area contributed by atoms with Crippen molar-refractivity contribution in [2.75, 3.05) is 58.2 Å². The summed E-state index contributed by atoms with van der Waals surface area (Å²) >= 11 is 1.51. The summed E-state index contributed by atoms with van der Waals surface area (Å²) in [4.78, 5) is 25.2. The molecule has 7 nitrogen and oxygen atoms in total. The standard InChI is InChI=1S/C30H43N5O2S/c1-37-25-11-12-26(23-7-3-2-4-8-23)27(18-25)28-21-38-29(31-28)32-30(36)34-16-14-33(15-17-34)19-22-6-5-13-35(20-22)24-9-10-24/h11-12,18,21-24H,2-10,13-17,19-20H2,1H3,(H,31,32,36). The number of hydrogen-bond acceptors (Lipinski definition) is 6. The van der Waals surface area contributed by atoms with Crippen LogP contribution >= 0.6 is 11.3 Å². The van der Waals surface area contributed by atoms with E-state index in [1.54, 1.807) is 7.11 Å². The third-order valence-corrected chi connectivity index (χ3v) is 9.85. The summed E-state index contributed by atoms with van der Waals surface area (Å²) in [6.07, 6.45) is 11.9. The van der Waals surface area contributed by atoms with E-state index in [9.17, 15) is 4.79 Å². The molecule has 38 heavy (non-hydrogen) atoms. The van der Waals surface area contributed by atoms with Crippen LogP contribution in [0.1, 0.15) is 69.3 Å². The molecule has 1 aromatic heterocycles. The van der Waals surface area contributed by atoms with Gasteiger partial charge in [-0.2, -0.15) is 0 Å². The molecule has 4 aliphatic rings. The van der Waals surface area contributed by atoms with Gasteiger partial charge in [0, 0.05) is 56.3 Å². The maximum absolute atomic E-state index is 13.1. The third kappa shape index (κ3) is 6.18. The number of piperidine rings is 1. The number of carbonyl (C=O) groups is 1. The molecule has 1 unspecified atom stereocenters. The Balaban J connectivity index is 1.04. The summed E-state index contributed by atoms with van der Waals surface area (Å²) in [5.41, 5.74) is 3.44. The normalized spacial score (nSPS) is 23.9. The van der Waals surface area contributed by atoms with Crippen molar-refractivity contribution in [3.8, 4) is 17.0 Å². The van der Waals surface area contributed by atoms with Crippen LogP contribution in [0.5, 0.6) is 5.75 Å². The summed E-state index contributed by atoms with van der Waals surface area (Å²) in [6, 6.07) is 7.26. The average Bonchev–Trinajstić information content (AvgIpc) is 3.72. The predicted molar refractivity (Wildman–Crippen MR) is 154 cm³/mol. The van der Waals surface area contributed by atoms with Gasteiger partial charge >= 0.3 is 6.03 Å². The number of nitrogens with one attached hydrogen (secondary N) is 1. The number of piperazine rings is 1. The van der Waals surface area contributed by atoms with E-state index in [-0.39, 0.29) is 6.03 Å². The number of thiazole rings is 1. The quantitative estimate of drug-likeness (QED) is 0.477. The lowest BCUT2D eigenvalue weighted by molar-refractivity contribution is 0.0982. The molecule has 0 radical (unpaired) electrons. The summed E-state index contributed by atoms with van der Waals surface area (Å²) in [5.74, 6) is 2.21. The summed E-state index contributed by atoms with van der Waals surface area (Å²) in [6.45, 7) is 7.24. The summed E-state index contributed by atoms with van der Waals surface area (Å²) in [5, 5.41) is 5.84. The van der Waals surface area contributed by atoms with Crippen molar-refractivity contribution < 1.29 is 9.53 Å². The first-order chi connectivity index (χ1) is 18.7. The molecule has 1 N–H and O–H groups in total. The minimum atomic E-state index is -0.0266. The number of nitrogens with zero attached hydrogens (tertiary/aromatic N) is 4. The number of carbonyl (C=O) groups excluding carboxylic acids is 1. The van der Waals surface area contributed by atoms with Crippen molar-refractivity contribution in [1.82, 2.24) is 19.7 Å². The maximum Gasteiger partial charge on any atom is 0.323 e. The summed E-state index contributed by atoms with van der Waals surface area (Å²) < 4.78 is 5.54. The van der Waals surface area contributed by atoms with E-state index in [0.29, 0.717) is 11.0 Å². The third-order valence-electron chi connectivity index (χ3n) is 9.09. The van der Waals surface area contributed by atoms with Crippen LogP contribution in [0.25, 0.3) is 11.3 Å². The van der Waals surface area contributed by atoms with Gasteiger partial charge in [-0.25, -0.2) is 9.78 Å². The van der Waals surface area contributed by atoms with E-state index in [2.05, 4.69) is 38.7 Å². The minimum absolute atomic E-state index is 0.0266. The lowest BCUT2D eigenvalue weighted by Crippen LogP contribution is -2.52. The predicted octanol–water partition coefficient (Wildman–Crippen LogP) is 5.89. The van der Waals surface area contributed by atoms with Gasteiger partial charge in [-0.1, -0.05) is 25.3 Å². The number of urea groups is 1. The fourth-order valence-corrected chi connectivity index (χ4v) is 7.50. The van der Waals surface area contributed by atoms with Crippen molar-refractivity contribution in [2.24, 2.45) is 5.92 Å². The molecule has 2 aliphatic carbocycles. The Labute approximate surface area is 231 Å². The second kappa shape index (κ2) is 11.9. The lowest BCUT2D eigenvalue weighted by Gasteiger charge is -2.39. The molecule has 8 heteroatoms. The molecule has 0 spiro atoms. The zero-order chi connectivity index (χ0) is 25.9. The number of rotatable bonds is 7. The maximum atomic E-state index is 13.1. The van der Waals surface area contributed by atoms with Crippen molar-refractivity contribution >= 4 is 22.5 Å². The second-order valence-corrected chi connectivity index (χ2v) is 12.6. The zero-order valence-electron chi connectivity index (χ0n) is 22.9. The number of methoxy groups -OCH3 is 1. The number of aromatic nitrogens is 1. The van der Waals surface area contributed by atoms with Gasteiger partial charge in [-0.05, 0) is 74.6 Å². The molecule has 2 aromatic rings. The summed E-state index contributed by atoms with van der Waals surface area (Å²) in [7, 11) is 1.71. The Kier molecular flexibility index (Phi) is 8.19. The molecular weight excluding hydrogens is 494 g/mol. The van der Waals surface area contributed by atoms with Crippen LogP contribution < -0.4 is 10.1 Å². The van der Waals surface area contributed by atoms with E-state index in [0.717, 1.165) is 55.1 Å². The molecule has 4 fully saturated rings. The van der Waals surface area contributed by atoms with Gasteiger partial charge in [0.15, 0.2) is 5.13 Å². The van der Waals surface area contributed by atoms with Gasteiger partial charge in [0.25, 0.3) is 0 Å². The molecule has 206 valence electrons. The molecular formula is C30H43N5O2S. The number of anilines is 1. The molecule has 2 aliphatic heterocycles. The van der Waals surface area contributed by atoms with Crippen LogP contribution in [-0.2, 0) is 0 Å².